The quantitative estimate of drug-likeness (QED) is 0.742. The van der Waals surface area contributed by atoms with E-state index in [2.05, 4.69) is 5.32 Å². The third kappa shape index (κ3) is 2.33. The predicted octanol–water partition coefficient (Wildman–Crippen LogP) is 0.308. The first-order valence-electron chi connectivity index (χ1n) is 5.60. The van der Waals surface area contributed by atoms with Gasteiger partial charge in [0.15, 0.2) is 0 Å². The van der Waals surface area contributed by atoms with Crippen molar-refractivity contribution in [3.8, 4) is 0 Å². The first kappa shape index (κ1) is 12.5. The zero-order chi connectivity index (χ0) is 13.3. The number of amides is 2. The van der Waals surface area contributed by atoms with Gasteiger partial charge in [0.05, 0.1) is 18.8 Å². The maximum absolute atomic E-state index is 13.9. The van der Waals surface area contributed by atoms with Gasteiger partial charge in [-0.05, 0) is 18.6 Å². The molecule has 1 aliphatic rings. The van der Waals surface area contributed by atoms with Gasteiger partial charge in [-0.1, -0.05) is 12.1 Å². The average Bonchev–Trinajstić information content (AvgIpc) is 2.26. The van der Waals surface area contributed by atoms with Crippen molar-refractivity contribution in [1.29, 1.82) is 0 Å². The molecule has 1 aliphatic heterocycles. The molecule has 0 aliphatic carbocycles. The second-order valence-electron chi connectivity index (χ2n) is 4.29. The van der Waals surface area contributed by atoms with E-state index in [-0.39, 0.29) is 24.8 Å². The Morgan fingerprint density at radius 2 is 1.94 bits per heavy atom. The molecule has 2 rings (SSSR count). The van der Waals surface area contributed by atoms with E-state index in [0.29, 0.717) is 5.56 Å². The fraction of sp³-hybridized carbons (Fsp3) is 0.333. The van der Waals surface area contributed by atoms with E-state index in [9.17, 15) is 14.0 Å². The van der Waals surface area contributed by atoms with E-state index in [1.807, 2.05) is 0 Å². The smallest absolute Gasteiger partial charge is 0.246 e. The van der Waals surface area contributed by atoms with Crippen LogP contribution in [-0.4, -0.2) is 24.9 Å². The number of nitrogens with zero attached hydrogens (tertiary/aromatic N) is 1. The van der Waals surface area contributed by atoms with Gasteiger partial charge in [-0.15, -0.1) is 0 Å². The molecule has 1 saturated heterocycles. The van der Waals surface area contributed by atoms with Crippen molar-refractivity contribution >= 4 is 17.5 Å². The predicted molar refractivity (Wildman–Crippen MR) is 64.4 cm³/mol. The zero-order valence-electron chi connectivity index (χ0n) is 9.94. The van der Waals surface area contributed by atoms with Gasteiger partial charge >= 0.3 is 0 Å². The summed E-state index contributed by atoms with van der Waals surface area (Å²) in [5.41, 5.74) is 6.59. The number of benzene rings is 1. The molecule has 0 spiro atoms. The highest BCUT2D eigenvalue weighted by Crippen LogP contribution is 2.28. The maximum atomic E-state index is 13.9. The minimum absolute atomic E-state index is 0.0492. The van der Waals surface area contributed by atoms with Gasteiger partial charge < -0.3 is 10.6 Å². The van der Waals surface area contributed by atoms with Gasteiger partial charge in [0.25, 0.3) is 0 Å². The molecule has 1 heterocycles. The highest BCUT2D eigenvalue weighted by molar-refractivity contribution is 6.02. The Kier molecular flexibility index (Phi) is 3.29. The number of hydrogen-bond acceptors (Lipinski definition) is 4. The molecule has 6 heteroatoms. The van der Waals surface area contributed by atoms with Gasteiger partial charge in [-0.25, -0.2) is 4.39 Å². The summed E-state index contributed by atoms with van der Waals surface area (Å²) in [5.74, 6) is -1.36. The molecule has 1 unspecified atom stereocenters. The number of carbonyl (C=O) groups is 2. The molecule has 5 nitrogen and oxygen atoms in total. The number of carbonyl (C=O) groups excluding carboxylic acids is 2. The standard InChI is InChI=1S/C12H14FN3O2/c1-7(14)8-3-2-4-9(13)12(8)16-5-10(17)15-11(18)6-16/h2-4,7H,5-6,14H2,1H3,(H,15,17,18). The van der Waals surface area contributed by atoms with E-state index in [0.717, 1.165) is 0 Å². The summed E-state index contributed by atoms with van der Waals surface area (Å²) in [7, 11) is 0. The largest absolute Gasteiger partial charge is 0.350 e. The van der Waals surface area contributed by atoms with Crippen LogP contribution in [0, 0.1) is 5.82 Å². The van der Waals surface area contributed by atoms with Gasteiger partial charge in [-0.2, -0.15) is 0 Å². The summed E-state index contributed by atoms with van der Waals surface area (Å²) in [4.78, 5) is 24.1. The first-order chi connectivity index (χ1) is 8.49. The van der Waals surface area contributed by atoms with Crippen LogP contribution in [0.1, 0.15) is 18.5 Å². The molecule has 0 aromatic heterocycles. The van der Waals surface area contributed by atoms with Crippen molar-refractivity contribution < 1.29 is 14.0 Å². The van der Waals surface area contributed by atoms with Crippen LogP contribution >= 0.6 is 0 Å². The number of nitrogens with two attached hydrogens (primary N) is 1. The van der Waals surface area contributed by atoms with Crippen LogP contribution in [0.25, 0.3) is 0 Å². The fourth-order valence-corrected chi connectivity index (χ4v) is 2.03. The Labute approximate surface area is 104 Å². The summed E-state index contributed by atoms with van der Waals surface area (Å²) in [6.45, 7) is 1.63. The molecule has 1 atom stereocenters. The Hall–Kier alpha value is -1.95. The molecule has 1 fully saturated rings. The van der Waals surface area contributed by atoms with Crippen LogP contribution in [0.5, 0.6) is 0 Å². The number of para-hydroxylation sites is 1. The topological polar surface area (TPSA) is 75.4 Å². The lowest BCUT2D eigenvalue weighted by Crippen LogP contribution is -2.52. The van der Waals surface area contributed by atoms with E-state index >= 15 is 0 Å². The molecule has 3 N–H and O–H groups in total. The lowest BCUT2D eigenvalue weighted by atomic mass is 10.0. The molecule has 18 heavy (non-hydrogen) atoms. The highest BCUT2D eigenvalue weighted by Gasteiger charge is 2.27. The average molecular weight is 251 g/mol. The van der Waals surface area contributed by atoms with Gasteiger partial charge in [-0.3, -0.25) is 14.9 Å². The van der Waals surface area contributed by atoms with Crippen LogP contribution in [0.3, 0.4) is 0 Å². The zero-order valence-corrected chi connectivity index (χ0v) is 9.94. The SMILES string of the molecule is CC(N)c1cccc(F)c1N1CC(=O)NC(=O)C1. The number of piperazine rings is 1. The number of rotatable bonds is 2. The highest BCUT2D eigenvalue weighted by atomic mass is 19.1. The maximum Gasteiger partial charge on any atom is 0.246 e. The van der Waals surface area contributed by atoms with Gasteiger partial charge in [0, 0.05) is 6.04 Å². The van der Waals surface area contributed by atoms with E-state index in [1.54, 1.807) is 19.1 Å². The van der Waals surface area contributed by atoms with Crippen LogP contribution in [0.4, 0.5) is 10.1 Å². The minimum atomic E-state index is -0.479. The Morgan fingerprint density at radius 3 is 2.50 bits per heavy atom. The van der Waals surface area contributed by atoms with Gasteiger partial charge in [0.1, 0.15) is 5.82 Å². The third-order valence-electron chi connectivity index (χ3n) is 2.77. The minimum Gasteiger partial charge on any atom is -0.350 e. The lowest BCUT2D eigenvalue weighted by Gasteiger charge is -2.30. The molecule has 0 saturated carbocycles. The molecular formula is C12H14FN3O2. The normalized spacial score (nSPS) is 17.6. The van der Waals surface area contributed by atoms with Crippen molar-refractivity contribution in [1.82, 2.24) is 5.32 Å². The molecule has 1 aromatic rings. The first-order valence-corrected chi connectivity index (χ1v) is 5.60. The molecule has 2 amide bonds. The van der Waals surface area contributed by atoms with Crippen molar-refractivity contribution in [3.05, 3.63) is 29.6 Å². The Morgan fingerprint density at radius 1 is 1.33 bits per heavy atom. The lowest BCUT2D eigenvalue weighted by molar-refractivity contribution is -0.130. The number of anilines is 1. The van der Waals surface area contributed by atoms with Crippen LogP contribution in [-0.2, 0) is 9.59 Å². The second-order valence-corrected chi connectivity index (χ2v) is 4.29. The number of halogens is 1. The molecule has 0 radical (unpaired) electrons. The number of nitrogens with one attached hydrogen (secondary N) is 1. The Balaban J connectivity index is 2.43. The van der Waals surface area contributed by atoms with E-state index in [4.69, 9.17) is 5.73 Å². The molecular weight excluding hydrogens is 237 g/mol. The summed E-state index contributed by atoms with van der Waals surface area (Å²) in [6, 6.07) is 4.16. The molecule has 1 aromatic carbocycles. The third-order valence-corrected chi connectivity index (χ3v) is 2.77. The van der Waals surface area contributed by atoms with E-state index in [1.165, 1.54) is 11.0 Å². The van der Waals surface area contributed by atoms with Crippen molar-refractivity contribution in [3.63, 3.8) is 0 Å². The van der Waals surface area contributed by atoms with Crippen molar-refractivity contribution in [2.45, 2.75) is 13.0 Å². The van der Waals surface area contributed by atoms with Crippen molar-refractivity contribution in [2.75, 3.05) is 18.0 Å². The summed E-state index contributed by atoms with van der Waals surface area (Å²) in [6.07, 6.45) is 0. The monoisotopic (exact) mass is 251 g/mol. The van der Waals surface area contributed by atoms with Crippen LogP contribution in [0.15, 0.2) is 18.2 Å². The molecule has 0 bridgehead atoms. The fourth-order valence-electron chi connectivity index (χ4n) is 2.03. The van der Waals surface area contributed by atoms with Gasteiger partial charge in [0.2, 0.25) is 11.8 Å². The van der Waals surface area contributed by atoms with Crippen molar-refractivity contribution in [2.24, 2.45) is 5.73 Å². The molecule has 96 valence electrons. The summed E-state index contributed by atoms with van der Waals surface area (Å²) in [5, 5.41) is 2.17. The summed E-state index contributed by atoms with van der Waals surface area (Å²) >= 11 is 0. The van der Waals surface area contributed by atoms with Crippen LogP contribution in [0.2, 0.25) is 0 Å². The Bertz CT molecular complexity index is 486. The van der Waals surface area contributed by atoms with E-state index < -0.39 is 17.6 Å². The van der Waals surface area contributed by atoms with Crippen LogP contribution < -0.4 is 16.0 Å². The summed E-state index contributed by atoms with van der Waals surface area (Å²) < 4.78 is 13.9. The number of imide groups is 1. The number of hydrogen-bond donors (Lipinski definition) is 2. The second kappa shape index (κ2) is 4.73.